The fourth-order valence-electron chi connectivity index (χ4n) is 6.26. The van der Waals surface area contributed by atoms with Crippen LogP contribution in [0.4, 0.5) is 0 Å². The van der Waals surface area contributed by atoms with Gasteiger partial charge in [0.05, 0.1) is 49.4 Å². The van der Waals surface area contributed by atoms with Crippen LogP contribution < -0.4 is 18.9 Å². The second-order valence-electron chi connectivity index (χ2n) is 13.1. The normalized spacial score (nSPS) is 12.5. The minimum Gasteiger partial charge on any atom is -0.493 e. The molecule has 5 aromatic carbocycles. The molecule has 20 heteroatoms. The monoisotopic (exact) mass is 882 g/mol. The van der Waals surface area contributed by atoms with Gasteiger partial charge >= 0.3 is 0 Å². The number of benzene rings is 5. The van der Waals surface area contributed by atoms with Gasteiger partial charge < -0.3 is 18.9 Å². The Labute approximate surface area is 336 Å². The number of hydrogen-bond acceptors (Lipinski definition) is 12. The molecule has 0 bridgehead atoms. The molecule has 0 aliphatic rings. The van der Waals surface area contributed by atoms with Gasteiger partial charge in [0.1, 0.15) is 23.0 Å². The maximum Gasteiger partial charge on any atom is 0.264 e. The van der Waals surface area contributed by atoms with Crippen LogP contribution in [0.15, 0.2) is 84.9 Å². The Balaban J connectivity index is 1.64. The van der Waals surface area contributed by atoms with Crippen LogP contribution in [-0.2, 0) is 40.5 Å². The summed E-state index contributed by atoms with van der Waals surface area (Å²) in [7, 11) is -16.9. The fourth-order valence-corrected chi connectivity index (χ4v) is 8.19. The summed E-state index contributed by atoms with van der Waals surface area (Å²) in [5.41, 5.74) is 2.64. The predicted octanol–water partition coefficient (Wildman–Crippen LogP) is 5.95. The van der Waals surface area contributed by atoms with E-state index in [1.54, 1.807) is 36.4 Å². The first kappa shape index (κ1) is 44.6. The van der Waals surface area contributed by atoms with E-state index in [-0.39, 0.29) is 52.1 Å². The summed E-state index contributed by atoms with van der Waals surface area (Å²) in [5, 5.41) is 3.01. The van der Waals surface area contributed by atoms with Crippen molar-refractivity contribution in [1.29, 1.82) is 0 Å². The van der Waals surface area contributed by atoms with Gasteiger partial charge in [0.2, 0.25) is 0 Å². The highest BCUT2D eigenvalue weighted by molar-refractivity contribution is 7.86. The first-order valence-corrected chi connectivity index (χ1v) is 24.3. The Morgan fingerprint density at radius 3 is 0.931 bits per heavy atom. The molecule has 0 aliphatic carbocycles. The molecule has 4 N–H and O–H groups in total. The molecule has 0 aliphatic heterocycles. The summed E-state index contributed by atoms with van der Waals surface area (Å²) in [4.78, 5) is 0. The summed E-state index contributed by atoms with van der Waals surface area (Å²) in [6.07, 6.45) is -0.0542. The van der Waals surface area contributed by atoms with Gasteiger partial charge in [-0.1, -0.05) is 48.5 Å². The van der Waals surface area contributed by atoms with Crippen molar-refractivity contribution in [2.45, 2.75) is 25.7 Å². The van der Waals surface area contributed by atoms with Crippen molar-refractivity contribution in [3.8, 4) is 45.3 Å². The molecule has 0 saturated heterocycles. The van der Waals surface area contributed by atoms with Crippen LogP contribution in [0.5, 0.6) is 23.0 Å². The molecule has 58 heavy (non-hydrogen) atoms. The second-order valence-corrected chi connectivity index (χ2v) is 19.4. The van der Waals surface area contributed by atoms with E-state index in [2.05, 4.69) is 0 Å². The van der Waals surface area contributed by atoms with Crippen molar-refractivity contribution < 1.29 is 70.8 Å². The van der Waals surface area contributed by atoms with Gasteiger partial charge in [-0.05, 0) is 71.5 Å². The Kier molecular flexibility index (Phi) is 14.6. The molecule has 0 unspecified atom stereocenters. The summed E-state index contributed by atoms with van der Waals surface area (Å²) < 4.78 is 151. The molecular weight excluding hydrogens is 841 g/mol. The van der Waals surface area contributed by atoms with E-state index in [0.29, 0.717) is 34.1 Å². The van der Waals surface area contributed by atoms with Crippen molar-refractivity contribution >= 4 is 62.0 Å². The molecule has 0 aromatic heterocycles. The molecule has 0 saturated carbocycles. The topological polar surface area (TPSA) is 254 Å². The number of hydrogen-bond donors (Lipinski definition) is 4. The van der Waals surface area contributed by atoms with Crippen molar-refractivity contribution in [1.82, 2.24) is 0 Å². The Bertz CT molecular complexity index is 2460. The van der Waals surface area contributed by atoms with Crippen molar-refractivity contribution in [3.05, 3.63) is 84.9 Å². The van der Waals surface area contributed by atoms with Gasteiger partial charge in [-0.2, -0.15) is 33.7 Å². The van der Waals surface area contributed by atoms with Gasteiger partial charge in [-0.15, -0.1) is 0 Å². The predicted molar refractivity (Wildman–Crippen MR) is 218 cm³/mol. The van der Waals surface area contributed by atoms with Crippen LogP contribution in [0.2, 0.25) is 0 Å². The average molecular weight is 883 g/mol. The van der Waals surface area contributed by atoms with Gasteiger partial charge in [0, 0.05) is 34.4 Å². The minimum absolute atomic E-state index is 0.00918. The third-order valence-corrected chi connectivity index (χ3v) is 11.8. The lowest BCUT2D eigenvalue weighted by Gasteiger charge is -2.21. The molecule has 0 atom stereocenters. The van der Waals surface area contributed by atoms with E-state index in [1.807, 2.05) is 48.5 Å². The molecule has 5 rings (SSSR count). The summed E-state index contributed by atoms with van der Waals surface area (Å²) in [6.45, 7) is -0.294. The van der Waals surface area contributed by atoms with Crippen LogP contribution in [0.1, 0.15) is 25.7 Å². The van der Waals surface area contributed by atoms with Crippen molar-refractivity contribution in [2.75, 3.05) is 49.4 Å². The number of fused-ring (bicyclic) bond motifs is 2. The Hall–Kier alpha value is -4.54. The first-order chi connectivity index (χ1) is 27.3. The third kappa shape index (κ3) is 13.2. The number of ether oxygens (including phenoxy) is 4. The molecule has 0 amide bonds. The quantitative estimate of drug-likeness (QED) is 0.0356. The SMILES string of the molecule is O=S(=O)(O)CCCOc1ccc(-c2c3ccccc3c(-c3ccc(OCCCS(=O)(=O)O)cc3OCCCS(=O)(=O)O)c3ccccc23)c(OCCCS(=O)(=O)O)c1. The van der Waals surface area contributed by atoms with E-state index in [9.17, 15) is 42.8 Å². The Morgan fingerprint density at radius 1 is 0.379 bits per heavy atom. The second kappa shape index (κ2) is 19.0. The van der Waals surface area contributed by atoms with Crippen molar-refractivity contribution in [3.63, 3.8) is 0 Å². The number of rotatable bonds is 22. The lowest BCUT2D eigenvalue weighted by Crippen LogP contribution is -2.10. The smallest absolute Gasteiger partial charge is 0.264 e. The van der Waals surface area contributed by atoms with Crippen LogP contribution in [0, 0.1) is 0 Å². The summed E-state index contributed by atoms with van der Waals surface area (Å²) in [6, 6.07) is 25.0. The largest absolute Gasteiger partial charge is 0.493 e. The zero-order chi connectivity index (χ0) is 42.1. The van der Waals surface area contributed by atoms with E-state index < -0.39 is 63.5 Å². The molecule has 0 spiro atoms. The van der Waals surface area contributed by atoms with Crippen molar-refractivity contribution in [2.24, 2.45) is 0 Å². The highest BCUT2D eigenvalue weighted by Gasteiger charge is 2.22. The Morgan fingerprint density at radius 2 is 0.655 bits per heavy atom. The molecular formula is C38H42O16S4. The summed E-state index contributed by atoms with van der Waals surface area (Å²) in [5.74, 6) is -0.868. The van der Waals surface area contributed by atoms with E-state index in [0.717, 1.165) is 32.7 Å². The fraction of sp³-hybridized carbons (Fsp3) is 0.316. The van der Waals surface area contributed by atoms with Gasteiger partial charge in [-0.25, -0.2) is 0 Å². The molecule has 0 heterocycles. The maximum atomic E-state index is 11.4. The van der Waals surface area contributed by atoms with E-state index >= 15 is 0 Å². The van der Waals surface area contributed by atoms with Gasteiger partial charge in [-0.3, -0.25) is 18.2 Å². The van der Waals surface area contributed by atoms with E-state index in [4.69, 9.17) is 28.1 Å². The van der Waals surface area contributed by atoms with Gasteiger partial charge in [0.15, 0.2) is 0 Å². The van der Waals surface area contributed by atoms with Crippen LogP contribution in [0.25, 0.3) is 43.8 Å². The molecule has 314 valence electrons. The third-order valence-electron chi connectivity index (χ3n) is 8.62. The maximum absolute atomic E-state index is 11.4. The van der Waals surface area contributed by atoms with E-state index in [1.165, 1.54) is 0 Å². The first-order valence-electron chi connectivity index (χ1n) is 17.8. The van der Waals surface area contributed by atoms with Crippen LogP contribution >= 0.6 is 0 Å². The van der Waals surface area contributed by atoms with Gasteiger partial charge in [0.25, 0.3) is 40.5 Å². The lowest BCUT2D eigenvalue weighted by atomic mass is 9.85. The van der Waals surface area contributed by atoms with Crippen LogP contribution in [-0.4, -0.2) is 101 Å². The highest BCUT2D eigenvalue weighted by Crippen LogP contribution is 2.48. The zero-order valence-electron chi connectivity index (χ0n) is 30.9. The average Bonchev–Trinajstić information content (AvgIpc) is 3.13. The molecule has 0 radical (unpaired) electrons. The summed E-state index contributed by atoms with van der Waals surface area (Å²) >= 11 is 0. The van der Waals surface area contributed by atoms with Crippen LogP contribution in [0.3, 0.4) is 0 Å². The highest BCUT2D eigenvalue weighted by atomic mass is 32.2. The molecule has 0 fully saturated rings. The zero-order valence-corrected chi connectivity index (χ0v) is 34.2. The molecule has 5 aromatic rings. The molecule has 16 nitrogen and oxygen atoms in total. The minimum atomic E-state index is -4.26. The lowest BCUT2D eigenvalue weighted by molar-refractivity contribution is 0.301. The standard InChI is InChI=1S/C38H42O16S4/c39-55(40,41)21-5-17-51-27-13-15-33(35(25-27)53-19-7-23-57(45,46)47)37-29-9-1-2-10-30(29)38(32-12-4-3-11-31(32)37)34-16-14-28(52-18-6-22-56(42,43)44)26-36(34)54-20-8-24-58(48,49)50/h1-4,9-16,25-26H,5-8,17-24H2,(H,39,40,41)(H,42,43,44)(H,45,46,47)(H,48,49,50).